The maximum atomic E-state index is 5.43. The molecule has 3 rings (SSSR count). The summed E-state index contributed by atoms with van der Waals surface area (Å²) in [5.74, 6) is 7.65. The number of nitrogens with zero attached hydrogens (tertiary/aromatic N) is 7. The van der Waals surface area contributed by atoms with E-state index in [1.807, 2.05) is 11.6 Å². The maximum Gasteiger partial charge on any atom is 0.243 e. The van der Waals surface area contributed by atoms with E-state index in [1.165, 1.54) is 0 Å². The number of aromatic nitrogens is 6. The van der Waals surface area contributed by atoms with Crippen LogP contribution in [-0.4, -0.2) is 42.8 Å². The van der Waals surface area contributed by atoms with Crippen molar-refractivity contribution in [3.05, 3.63) is 12.2 Å². The van der Waals surface area contributed by atoms with Crippen LogP contribution in [0.15, 0.2) is 6.33 Å². The van der Waals surface area contributed by atoms with Crippen molar-refractivity contribution in [2.24, 2.45) is 12.9 Å². The van der Waals surface area contributed by atoms with Crippen molar-refractivity contribution in [3.63, 3.8) is 0 Å². The molecule has 0 spiro atoms. The molecule has 112 valence electrons. The molecule has 10 nitrogen and oxygen atoms in total. The molecule has 0 aromatic carbocycles. The van der Waals surface area contributed by atoms with Crippen molar-refractivity contribution in [1.29, 1.82) is 0 Å². The third kappa shape index (κ3) is 2.99. The minimum absolute atomic E-state index is 0.340. The first-order chi connectivity index (χ1) is 10.3. The first-order valence-corrected chi connectivity index (χ1v) is 6.80. The smallest absolute Gasteiger partial charge is 0.243 e. The van der Waals surface area contributed by atoms with Crippen LogP contribution >= 0.6 is 0 Å². The van der Waals surface area contributed by atoms with Gasteiger partial charge in [0.25, 0.3) is 0 Å². The summed E-state index contributed by atoms with van der Waals surface area (Å²) in [7, 11) is 1.88. The molecule has 1 fully saturated rings. The van der Waals surface area contributed by atoms with Gasteiger partial charge in [-0.1, -0.05) is 0 Å². The first-order valence-electron chi connectivity index (χ1n) is 6.80. The van der Waals surface area contributed by atoms with E-state index in [0.717, 1.165) is 31.8 Å². The van der Waals surface area contributed by atoms with Gasteiger partial charge in [-0.2, -0.15) is 15.0 Å². The number of nitrogens with two attached hydrogens (primary N) is 1. The van der Waals surface area contributed by atoms with Crippen molar-refractivity contribution >= 4 is 17.8 Å². The topological polar surface area (TPSA) is 123 Å². The Bertz CT molecular complexity index is 603. The number of hydrogen-bond acceptors (Lipinski definition) is 9. The maximum absolute atomic E-state index is 5.43. The van der Waals surface area contributed by atoms with Crippen LogP contribution in [0.2, 0.25) is 0 Å². The van der Waals surface area contributed by atoms with Gasteiger partial charge in [0.1, 0.15) is 6.33 Å². The zero-order valence-corrected chi connectivity index (χ0v) is 11.8. The van der Waals surface area contributed by atoms with E-state index in [-0.39, 0.29) is 0 Å². The minimum Gasteiger partial charge on any atom is -0.347 e. The second kappa shape index (κ2) is 5.87. The van der Waals surface area contributed by atoms with Crippen LogP contribution in [-0.2, 0) is 13.6 Å². The highest BCUT2D eigenvalue weighted by molar-refractivity contribution is 5.43. The van der Waals surface area contributed by atoms with Crippen LogP contribution in [0, 0.1) is 0 Å². The second-order valence-electron chi connectivity index (χ2n) is 4.83. The molecule has 10 heteroatoms. The molecule has 1 aliphatic heterocycles. The van der Waals surface area contributed by atoms with Crippen LogP contribution in [0.5, 0.6) is 0 Å². The van der Waals surface area contributed by atoms with Gasteiger partial charge in [0.2, 0.25) is 17.8 Å². The zero-order chi connectivity index (χ0) is 14.7. The van der Waals surface area contributed by atoms with Crippen LogP contribution in [0.25, 0.3) is 0 Å². The fraction of sp³-hybridized carbons (Fsp3) is 0.545. The molecular formula is C11H18N10. The Balaban J connectivity index is 1.77. The Morgan fingerprint density at radius 1 is 1.19 bits per heavy atom. The number of hydrazine groups is 1. The number of aryl methyl sites for hydroxylation is 1. The van der Waals surface area contributed by atoms with E-state index in [1.54, 1.807) is 6.33 Å². The fourth-order valence-corrected chi connectivity index (χ4v) is 2.19. The standard InChI is InChI=1S/C11H18N10/c1-20-7-14-19-8(20)6-13-9-15-10(18-12)17-11(16-9)21-4-2-3-5-21/h7H,2-6,12H2,1H3,(H2,13,15,16,17,18). The molecule has 0 amide bonds. The lowest BCUT2D eigenvalue weighted by atomic mass is 10.4. The molecule has 0 radical (unpaired) electrons. The number of rotatable bonds is 5. The molecule has 0 aliphatic carbocycles. The van der Waals surface area contributed by atoms with E-state index in [0.29, 0.717) is 24.4 Å². The average Bonchev–Trinajstić information content (AvgIpc) is 3.16. The van der Waals surface area contributed by atoms with E-state index in [2.05, 4.69) is 40.8 Å². The van der Waals surface area contributed by atoms with Crippen molar-refractivity contribution in [2.75, 3.05) is 28.7 Å². The Kier molecular flexibility index (Phi) is 3.77. The molecule has 0 saturated carbocycles. The van der Waals surface area contributed by atoms with Crippen molar-refractivity contribution in [3.8, 4) is 0 Å². The number of anilines is 3. The summed E-state index contributed by atoms with van der Waals surface area (Å²) in [5, 5.41) is 10.9. The molecule has 1 aliphatic rings. The van der Waals surface area contributed by atoms with Gasteiger partial charge in [-0.05, 0) is 12.8 Å². The highest BCUT2D eigenvalue weighted by atomic mass is 15.4. The summed E-state index contributed by atoms with van der Waals surface area (Å²) < 4.78 is 1.83. The highest BCUT2D eigenvalue weighted by Crippen LogP contribution is 2.18. The normalized spacial score (nSPS) is 14.5. The molecule has 0 bridgehead atoms. The fourth-order valence-electron chi connectivity index (χ4n) is 2.19. The Morgan fingerprint density at radius 3 is 2.62 bits per heavy atom. The average molecular weight is 290 g/mol. The van der Waals surface area contributed by atoms with Crippen molar-refractivity contribution < 1.29 is 0 Å². The van der Waals surface area contributed by atoms with Gasteiger partial charge in [-0.15, -0.1) is 10.2 Å². The summed E-state index contributed by atoms with van der Waals surface area (Å²) in [6.07, 6.45) is 3.95. The number of hydrogen-bond donors (Lipinski definition) is 3. The molecule has 21 heavy (non-hydrogen) atoms. The molecule has 4 N–H and O–H groups in total. The van der Waals surface area contributed by atoms with E-state index in [4.69, 9.17) is 5.84 Å². The second-order valence-corrected chi connectivity index (χ2v) is 4.83. The van der Waals surface area contributed by atoms with E-state index < -0.39 is 0 Å². The summed E-state index contributed by atoms with van der Waals surface area (Å²) in [6, 6.07) is 0. The molecular weight excluding hydrogens is 272 g/mol. The van der Waals surface area contributed by atoms with Crippen molar-refractivity contribution in [1.82, 2.24) is 29.7 Å². The quantitative estimate of drug-likeness (QED) is 0.494. The summed E-state index contributed by atoms with van der Waals surface area (Å²) in [4.78, 5) is 15.0. The summed E-state index contributed by atoms with van der Waals surface area (Å²) in [6.45, 7) is 2.39. The molecule has 2 aromatic heterocycles. The van der Waals surface area contributed by atoms with E-state index in [9.17, 15) is 0 Å². The van der Waals surface area contributed by atoms with E-state index >= 15 is 0 Å². The highest BCUT2D eigenvalue weighted by Gasteiger charge is 2.17. The predicted octanol–water partition coefficient (Wildman–Crippen LogP) is -0.502. The lowest BCUT2D eigenvalue weighted by molar-refractivity contribution is 0.803. The summed E-state index contributed by atoms with van der Waals surface area (Å²) >= 11 is 0. The van der Waals surface area contributed by atoms with Gasteiger partial charge in [-0.25, -0.2) is 5.84 Å². The molecule has 0 atom stereocenters. The first kappa shape index (κ1) is 13.5. The van der Waals surface area contributed by atoms with Gasteiger partial charge in [-0.3, -0.25) is 5.43 Å². The van der Waals surface area contributed by atoms with Gasteiger partial charge in [0.15, 0.2) is 5.82 Å². The van der Waals surface area contributed by atoms with Gasteiger partial charge in [0.05, 0.1) is 6.54 Å². The monoisotopic (exact) mass is 290 g/mol. The van der Waals surface area contributed by atoms with Gasteiger partial charge >= 0.3 is 0 Å². The predicted molar refractivity (Wildman–Crippen MR) is 77.4 cm³/mol. The van der Waals surface area contributed by atoms with Gasteiger partial charge in [0, 0.05) is 20.1 Å². The number of nitrogens with one attached hydrogen (secondary N) is 2. The van der Waals surface area contributed by atoms with Crippen molar-refractivity contribution in [2.45, 2.75) is 19.4 Å². The van der Waals surface area contributed by atoms with Crippen LogP contribution in [0.3, 0.4) is 0 Å². The van der Waals surface area contributed by atoms with Crippen LogP contribution < -0.4 is 21.5 Å². The Morgan fingerprint density at radius 2 is 1.95 bits per heavy atom. The molecule has 2 aromatic rings. The Hall–Kier alpha value is -2.49. The molecule has 0 unspecified atom stereocenters. The zero-order valence-electron chi connectivity index (χ0n) is 11.8. The van der Waals surface area contributed by atoms with Gasteiger partial charge < -0.3 is 14.8 Å². The summed E-state index contributed by atoms with van der Waals surface area (Å²) in [5.41, 5.74) is 2.47. The molecule has 1 saturated heterocycles. The van der Waals surface area contributed by atoms with Crippen LogP contribution in [0.4, 0.5) is 17.8 Å². The third-order valence-electron chi connectivity index (χ3n) is 3.35. The number of nitrogen functional groups attached to an aromatic ring is 1. The Labute approximate surface area is 121 Å². The largest absolute Gasteiger partial charge is 0.347 e. The third-order valence-corrected chi connectivity index (χ3v) is 3.35. The van der Waals surface area contributed by atoms with Crippen LogP contribution in [0.1, 0.15) is 18.7 Å². The lowest BCUT2D eigenvalue weighted by Crippen LogP contribution is -2.23. The SMILES string of the molecule is Cn1cnnc1CNc1nc(NN)nc(N2CCCC2)n1. The minimum atomic E-state index is 0.340. The molecule has 3 heterocycles. The lowest BCUT2D eigenvalue weighted by Gasteiger charge is -2.16.